The zero-order valence-electron chi connectivity index (χ0n) is 10.9. The summed E-state index contributed by atoms with van der Waals surface area (Å²) < 4.78 is 0. The molecule has 1 aromatic rings. The van der Waals surface area contributed by atoms with Gasteiger partial charge in [0.25, 0.3) is 0 Å². The SMILES string of the molecule is C[S+](C/C=C/c1ccccc1)C[Si](C)(C)C. The van der Waals surface area contributed by atoms with E-state index in [-0.39, 0.29) is 0 Å². The quantitative estimate of drug-likeness (QED) is 0.551. The van der Waals surface area contributed by atoms with Gasteiger partial charge in [0.05, 0.1) is 11.6 Å². The van der Waals surface area contributed by atoms with Crippen LogP contribution in [0.25, 0.3) is 6.08 Å². The van der Waals surface area contributed by atoms with E-state index in [1.807, 2.05) is 0 Å². The van der Waals surface area contributed by atoms with E-state index in [4.69, 9.17) is 0 Å². The van der Waals surface area contributed by atoms with Gasteiger partial charge in [0.1, 0.15) is 13.8 Å². The van der Waals surface area contributed by atoms with E-state index in [2.05, 4.69) is 68.4 Å². The number of rotatable bonds is 5. The van der Waals surface area contributed by atoms with Crippen LogP contribution in [0.4, 0.5) is 0 Å². The predicted octanol–water partition coefficient (Wildman–Crippen LogP) is 3.83. The summed E-state index contributed by atoms with van der Waals surface area (Å²) in [5.74, 6) is 1.24. The van der Waals surface area contributed by atoms with Crippen molar-refractivity contribution < 1.29 is 0 Å². The van der Waals surface area contributed by atoms with Gasteiger partial charge in [-0.1, -0.05) is 56.0 Å². The highest BCUT2D eigenvalue weighted by molar-refractivity contribution is 7.97. The summed E-state index contributed by atoms with van der Waals surface area (Å²) in [6.07, 6.45) is 6.97. The van der Waals surface area contributed by atoms with Gasteiger partial charge in [0.2, 0.25) is 0 Å². The second-order valence-electron chi connectivity index (χ2n) is 5.47. The molecule has 0 saturated carbocycles. The number of hydrogen-bond donors (Lipinski definition) is 0. The Morgan fingerprint density at radius 3 is 2.31 bits per heavy atom. The third kappa shape index (κ3) is 6.18. The molecular weight excluding hydrogens is 228 g/mol. The van der Waals surface area contributed by atoms with Crippen LogP contribution in [0.15, 0.2) is 36.4 Å². The van der Waals surface area contributed by atoms with E-state index < -0.39 is 8.07 Å². The molecule has 0 heterocycles. The summed E-state index contributed by atoms with van der Waals surface area (Å²) in [6, 6.07) is 10.6. The third-order valence-electron chi connectivity index (χ3n) is 2.17. The normalized spacial score (nSPS) is 14.2. The monoisotopic (exact) mass is 251 g/mol. The molecular formula is C14H23SSi+. The highest BCUT2D eigenvalue weighted by Gasteiger charge is 2.23. The molecule has 1 rings (SSSR count). The first-order valence-corrected chi connectivity index (χ1v) is 11.5. The summed E-state index contributed by atoms with van der Waals surface area (Å²) in [5, 5.41) is 1.45. The zero-order chi connectivity index (χ0) is 12.0. The van der Waals surface area contributed by atoms with Gasteiger partial charge in [-0.15, -0.1) is 0 Å². The molecule has 1 unspecified atom stereocenters. The summed E-state index contributed by atoms with van der Waals surface area (Å²) in [7, 11) is -0.309. The molecule has 0 nitrogen and oxygen atoms in total. The maximum Gasteiger partial charge on any atom is 0.126 e. The molecule has 88 valence electrons. The Bertz CT molecular complexity index is 324. The summed E-state index contributed by atoms with van der Waals surface area (Å²) in [6.45, 7) is 7.37. The molecule has 1 aromatic carbocycles. The highest BCUT2D eigenvalue weighted by atomic mass is 32.2. The van der Waals surface area contributed by atoms with E-state index in [1.165, 1.54) is 16.7 Å². The largest absolute Gasteiger partial charge is 0.126 e. The summed E-state index contributed by atoms with van der Waals surface area (Å²) >= 11 is 0. The van der Waals surface area contributed by atoms with E-state index in [9.17, 15) is 0 Å². The summed E-state index contributed by atoms with van der Waals surface area (Å²) in [5.41, 5.74) is 1.31. The van der Waals surface area contributed by atoms with Crippen molar-refractivity contribution in [3.05, 3.63) is 42.0 Å². The van der Waals surface area contributed by atoms with E-state index in [1.54, 1.807) is 0 Å². The van der Waals surface area contributed by atoms with Crippen LogP contribution >= 0.6 is 0 Å². The van der Waals surface area contributed by atoms with Crippen molar-refractivity contribution in [2.75, 3.05) is 17.4 Å². The Morgan fingerprint density at radius 2 is 1.75 bits per heavy atom. The van der Waals surface area contributed by atoms with Gasteiger partial charge in [-0.25, -0.2) is 0 Å². The predicted molar refractivity (Wildman–Crippen MR) is 81.8 cm³/mol. The second-order valence-corrected chi connectivity index (χ2v) is 13.6. The first-order valence-electron chi connectivity index (χ1n) is 5.78. The fraction of sp³-hybridized carbons (Fsp3) is 0.429. The molecule has 0 spiro atoms. The average molecular weight is 251 g/mol. The minimum Gasteiger partial charge on any atom is -0.0653 e. The average Bonchev–Trinajstić information content (AvgIpc) is 2.16. The van der Waals surface area contributed by atoms with Crippen LogP contribution in [0, 0.1) is 0 Å². The van der Waals surface area contributed by atoms with Crippen LogP contribution in [0.2, 0.25) is 19.6 Å². The maximum atomic E-state index is 2.46. The topological polar surface area (TPSA) is 0 Å². The molecule has 0 saturated heterocycles. The fourth-order valence-electron chi connectivity index (χ4n) is 1.71. The van der Waals surface area contributed by atoms with Crippen LogP contribution in [-0.4, -0.2) is 25.5 Å². The third-order valence-corrected chi connectivity index (χ3v) is 8.37. The standard InChI is InChI=1S/C14H23SSi/c1-15(13-16(2,3)4)12-8-11-14-9-6-5-7-10-14/h5-11H,12-13H2,1-4H3/q+1/b11-8+. The van der Waals surface area contributed by atoms with Gasteiger partial charge in [0, 0.05) is 0 Å². The van der Waals surface area contributed by atoms with E-state index in [0.29, 0.717) is 10.9 Å². The fourth-order valence-corrected chi connectivity index (χ4v) is 8.52. The van der Waals surface area contributed by atoms with Crippen molar-refractivity contribution in [2.45, 2.75) is 19.6 Å². The molecule has 0 radical (unpaired) electrons. The molecule has 0 amide bonds. The van der Waals surface area contributed by atoms with Gasteiger partial charge in [0.15, 0.2) is 0 Å². The minimum absolute atomic E-state index is 0.562. The Kier molecular flexibility index (Phi) is 5.36. The van der Waals surface area contributed by atoms with E-state index in [0.717, 1.165) is 0 Å². The molecule has 0 bridgehead atoms. The maximum absolute atomic E-state index is 2.46. The Hall–Kier alpha value is -0.473. The molecule has 0 fully saturated rings. The molecule has 0 aromatic heterocycles. The van der Waals surface area contributed by atoms with Gasteiger partial charge < -0.3 is 0 Å². The lowest BCUT2D eigenvalue weighted by Crippen LogP contribution is -2.32. The van der Waals surface area contributed by atoms with Crippen molar-refractivity contribution >= 4 is 25.0 Å². The second kappa shape index (κ2) is 6.31. The smallest absolute Gasteiger partial charge is 0.0653 e. The zero-order valence-corrected chi connectivity index (χ0v) is 12.7. The number of hydrogen-bond acceptors (Lipinski definition) is 0. The van der Waals surface area contributed by atoms with Crippen molar-refractivity contribution in [3.63, 3.8) is 0 Å². The first-order chi connectivity index (χ1) is 7.47. The van der Waals surface area contributed by atoms with Crippen LogP contribution in [0.5, 0.6) is 0 Å². The van der Waals surface area contributed by atoms with Gasteiger partial charge in [-0.05, 0) is 22.5 Å². The molecule has 1 atom stereocenters. The van der Waals surface area contributed by atoms with Crippen LogP contribution < -0.4 is 0 Å². The Balaban J connectivity index is 2.37. The van der Waals surface area contributed by atoms with Crippen molar-refractivity contribution in [3.8, 4) is 0 Å². The molecule has 0 aliphatic rings. The highest BCUT2D eigenvalue weighted by Crippen LogP contribution is 2.08. The van der Waals surface area contributed by atoms with Crippen molar-refractivity contribution in [1.29, 1.82) is 0 Å². The van der Waals surface area contributed by atoms with E-state index >= 15 is 0 Å². The lowest BCUT2D eigenvalue weighted by atomic mass is 10.2. The van der Waals surface area contributed by atoms with Crippen LogP contribution in [0.3, 0.4) is 0 Å². The lowest BCUT2D eigenvalue weighted by Gasteiger charge is -2.13. The first kappa shape index (κ1) is 13.6. The summed E-state index contributed by atoms with van der Waals surface area (Å²) in [4.78, 5) is 0. The van der Waals surface area contributed by atoms with Crippen LogP contribution in [0.1, 0.15) is 5.56 Å². The lowest BCUT2D eigenvalue weighted by molar-refractivity contribution is 1.62. The minimum atomic E-state index is -0.871. The van der Waals surface area contributed by atoms with Gasteiger partial charge >= 0.3 is 0 Å². The molecule has 0 N–H and O–H groups in total. The molecule has 0 aliphatic carbocycles. The molecule has 0 aliphatic heterocycles. The number of benzene rings is 1. The Labute approximate surface area is 104 Å². The van der Waals surface area contributed by atoms with Gasteiger partial charge in [-0.3, -0.25) is 0 Å². The molecule has 16 heavy (non-hydrogen) atoms. The molecule has 2 heteroatoms. The van der Waals surface area contributed by atoms with Crippen molar-refractivity contribution in [2.24, 2.45) is 0 Å². The van der Waals surface area contributed by atoms with Crippen LogP contribution in [-0.2, 0) is 10.9 Å². The Morgan fingerprint density at radius 1 is 1.12 bits per heavy atom. The van der Waals surface area contributed by atoms with Gasteiger partial charge in [-0.2, -0.15) is 0 Å². The van der Waals surface area contributed by atoms with Crippen molar-refractivity contribution in [1.82, 2.24) is 0 Å².